The summed E-state index contributed by atoms with van der Waals surface area (Å²) >= 11 is 0. The van der Waals surface area contributed by atoms with E-state index in [0.29, 0.717) is 23.8 Å². The van der Waals surface area contributed by atoms with Crippen molar-refractivity contribution in [2.24, 2.45) is 17.8 Å². The van der Waals surface area contributed by atoms with Crippen LogP contribution in [-0.4, -0.2) is 15.0 Å². The van der Waals surface area contributed by atoms with Crippen molar-refractivity contribution in [2.75, 3.05) is 0 Å². The lowest BCUT2D eigenvalue weighted by atomic mass is 9.88. The van der Waals surface area contributed by atoms with Crippen molar-refractivity contribution in [1.29, 1.82) is 15.8 Å². The van der Waals surface area contributed by atoms with E-state index in [1.54, 1.807) is 6.92 Å². The molecule has 0 aliphatic rings. The molecule has 0 aromatic carbocycles. The molecule has 0 bridgehead atoms. The first-order chi connectivity index (χ1) is 15.2. The fourth-order valence-corrected chi connectivity index (χ4v) is 3.31. The van der Waals surface area contributed by atoms with E-state index in [0.717, 1.165) is 33.8 Å². The largest absolute Gasteiger partial charge is 0.233 e. The number of hydrogen-bond donors (Lipinski definition) is 0. The van der Waals surface area contributed by atoms with Crippen LogP contribution >= 0.6 is 0 Å². The van der Waals surface area contributed by atoms with E-state index in [2.05, 4.69) is 65.4 Å². The van der Waals surface area contributed by atoms with Crippen LogP contribution in [0.4, 0.5) is 0 Å². The van der Waals surface area contributed by atoms with Crippen molar-refractivity contribution in [3.63, 3.8) is 0 Å². The average Bonchev–Trinajstić information content (AvgIpc) is 2.77. The van der Waals surface area contributed by atoms with Gasteiger partial charge < -0.3 is 0 Å². The van der Waals surface area contributed by atoms with Crippen LogP contribution < -0.4 is 10.6 Å². The van der Waals surface area contributed by atoms with Crippen molar-refractivity contribution in [3.05, 3.63) is 40.0 Å². The Hall–Kier alpha value is -3.82. The van der Waals surface area contributed by atoms with E-state index < -0.39 is 0 Å². The Morgan fingerprint density at radius 2 is 1.47 bits per heavy atom. The van der Waals surface area contributed by atoms with Crippen LogP contribution in [0, 0.1) is 65.6 Å². The van der Waals surface area contributed by atoms with Gasteiger partial charge in [0.15, 0.2) is 11.3 Å². The van der Waals surface area contributed by atoms with Crippen LogP contribution in [-0.2, 0) is 0 Å². The van der Waals surface area contributed by atoms with Gasteiger partial charge >= 0.3 is 0 Å². The lowest BCUT2D eigenvalue weighted by Gasteiger charge is -2.12. The molecule has 6 nitrogen and oxygen atoms in total. The van der Waals surface area contributed by atoms with Gasteiger partial charge in [0.05, 0.1) is 23.6 Å². The second kappa shape index (κ2) is 11.0. The van der Waals surface area contributed by atoms with Gasteiger partial charge in [0, 0.05) is 34.2 Å². The topological polar surface area (TPSA) is 110 Å². The fourth-order valence-electron chi connectivity index (χ4n) is 3.31. The van der Waals surface area contributed by atoms with Crippen molar-refractivity contribution >= 4 is 35.2 Å². The predicted octanol–water partition coefficient (Wildman–Crippen LogP) is 4.23. The highest BCUT2D eigenvalue weighted by atomic mass is 14.9. The maximum atomic E-state index is 8.84. The maximum absolute atomic E-state index is 8.84. The molecule has 0 saturated carbocycles. The summed E-state index contributed by atoms with van der Waals surface area (Å²) in [6, 6.07) is 12.6. The van der Waals surface area contributed by atoms with Gasteiger partial charge in [0.25, 0.3) is 0 Å². The molecule has 0 spiro atoms. The zero-order chi connectivity index (χ0) is 23.8. The number of fused-ring (bicyclic) bond motifs is 2. The molecule has 0 fully saturated rings. The van der Waals surface area contributed by atoms with Gasteiger partial charge in [0.1, 0.15) is 0 Å². The van der Waals surface area contributed by atoms with Gasteiger partial charge in [-0.2, -0.15) is 15.8 Å². The number of aryl methyl sites for hydroxylation is 2. The van der Waals surface area contributed by atoms with E-state index in [9.17, 15) is 0 Å². The number of nitrogens with zero attached hydrogens (tertiary/aromatic N) is 6. The van der Waals surface area contributed by atoms with Gasteiger partial charge in [-0.3, -0.25) is 0 Å². The van der Waals surface area contributed by atoms with Crippen molar-refractivity contribution < 1.29 is 0 Å². The normalized spacial score (nSPS) is 13.2. The molecule has 32 heavy (non-hydrogen) atoms. The summed E-state index contributed by atoms with van der Waals surface area (Å²) in [6.07, 6.45) is 1.94. The van der Waals surface area contributed by atoms with E-state index in [4.69, 9.17) is 15.8 Å². The number of rotatable bonds is 5. The van der Waals surface area contributed by atoms with Crippen LogP contribution in [0.1, 0.15) is 44.4 Å². The molecular weight excluding hydrogens is 396 g/mol. The number of nitriles is 3. The van der Waals surface area contributed by atoms with Crippen LogP contribution in [0.25, 0.3) is 35.2 Å². The quantitative estimate of drug-likeness (QED) is 0.567. The molecule has 3 heterocycles. The van der Waals surface area contributed by atoms with Gasteiger partial charge in [0.2, 0.25) is 0 Å². The zero-order valence-corrected chi connectivity index (χ0v) is 19.2. The fraction of sp³-hybridized carbons (Fsp3) is 0.385. The van der Waals surface area contributed by atoms with Gasteiger partial charge in [-0.15, -0.1) is 0 Å². The summed E-state index contributed by atoms with van der Waals surface area (Å²) in [5.74, 6) is -0.310. The minimum Gasteiger partial charge on any atom is -0.233 e. The Labute approximate surface area is 189 Å². The predicted molar refractivity (Wildman–Crippen MR) is 127 cm³/mol. The summed E-state index contributed by atoms with van der Waals surface area (Å²) in [6.45, 7) is 15.5. The highest BCUT2D eigenvalue weighted by Gasteiger charge is 2.17. The minimum absolute atomic E-state index is 0.0504. The number of pyridine rings is 3. The Morgan fingerprint density at radius 1 is 0.844 bits per heavy atom. The molecule has 3 rings (SSSR count). The number of hydrogen-bond acceptors (Lipinski definition) is 6. The van der Waals surface area contributed by atoms with Gasteiger partial charge in [-0.25, -0.2) is 15.0 Å². The van der Waals surface area contributed by atoms with E-state index in [1.165, 1.54) is 5.56 Å². The Morgan fingerprint density at radius 3 is 2.06 bits per heavy atom. The highest BCUT2D eigenvalue weighted by Crippen LogP contribution is 2.21. The molecule has 0 aliphatic carbocycles. The summed E-state index contributed by atoms with van der Waals surface area (Å²) < 4.78 is 0. The first kappa shape index (κ1) is 24.4. The molecule has 0 aliphatic heterocycles. The van der Waals surface area contributed by atoms with Crippen molar-refractivity contribution in [3.8, 4) is 18.2 Å². The third kappa shape index (κ3) is 6.10. The van der Waals surface area contributed by atoms with Crippen LogP contribution in [0.5, 0.6) is 0 Å². The molecule has 3 aromatic rings. The van der Waals surface area contributed by atoms with Crippen molar-refractivity contribution in [2.45, 2.75) is 47.0 Å². The summed E-state index contributed by atoms with van der Waals surface area (Å²) in [4.78, 5) is 13.3. The molecule has 162 valence electrons. The molecule has 6 heteroatoms. The van der Waals surface area contributed by atoms with E-state index in [1.807, 2.05) is 19.9 Å². The highest BCUT2D eigenvalue weighted by molar-refractivity contribution is 5.89. The summed E-state index contributed by atoms with van der Waals surface area (Å²) in [5, 5.41) is 29.7. The van der Waals surface area contributed by atoms with Gasteiger partial charge in [-0.1, -0.05) is 20.1 Å². The monoisotopic (exact) mass is 424 g/mol. The molecular formula is C26H28N6. The number of aromatic nitrogens is 3. The summed E-state index contributed by atoms with van der Waals surface area (Å²) in [7, 11) is 0. The Balaban J connectivity index is 0.000000237. The standard InChI is InChI=1S/C15H13N3.C11H15N3/c1-8-5-12-7-13-6-9(2)11(4)17-15(13)18-14(12)16-10(8)3;1-3-10(7-13)5-11(8-14)4-9(2)6-12/h5-7H,1,3H2,2,4H3;9-11H,3-5H2,1-2H3. The van der Waals surface area contributed by atoms with E-state index in [-0.39, 0.29) is 17.8 Å². The Bertz CT molecular complexity index is 1270. The first-order valence-corrected chi connectivity index (χ1v) is 10.6. The molecule has 0 amide bonds. The molecule has 0 radical (unpaired) electrons. The maximum Gasteiger partial charge on any atom is 0.162 e. The molecule has 0 N–H and O–H groups in total. The smallest absolute Gasteiger partial charge is 0.162 e. The lowest BCUT2D eigenvalue weighted by molar-refractivity contribution is 0.432. The van der Waals surface area contributed by atoms with E-state index >= 15 is 0 Å². The SMILES string of the molecule is C=c1cc2cc3cc(C)c(C)nc3nc2nc1=C.CCC(C#N)CC(C#N)CC(C)C#N. The molecule has 3 atom stereocenters. The van der Waals surface area contributed by atoms with Gasteiger partial charge in [-0.05, 0) is 69.0 Å². The molecule has 3 aromatic heterocycles. The van der Waals surface area contributed by atoms with Crippen LogP contribution in [0.2, 0.25) is 0 Å². The first-order valence-electron chi connectivity index (χ1n) is 10.6. The Kier molecular flexibility index (Phi) is 8.39. The molecule has 0 saturated heterocycles. The second-order valence-electron chi connectivity index (χ2n) is 8.13. The average molecular weight is 425 g/mol. The second-order valence-corrected chi connectivity index (χ2v) is 8.13. The van der Waals surface area contributed by atoms with Crippen molar-refractivity contribution in [1.82, 2.24) is 15.0 Å². The zero-order valence-electron chi connectivity index (χ0n) is 19.2. The minimum atomic E-state index is -0.158. The van der Waals surface area contributed by atoms with Crippen LogP contribution in [0.3, 0.4) is 0 Å². The third-order valence-electron chi connectivity index (χ3n) is 5.48. The molecule has 3 unspecified atom stereocenters. The third-order valence-corrected chi connectivity index (χ3v) is 5.48. The summed E-state index contributed by atoms with van der Waals surface area (Å²) in [5.41, 5.74) is 3.57. The van der Waals surface area contributed by atoms with Crippen LogP contribution in [0.15, 0.2) is 18.2 Å². The lowest BCUT2D eigenvalue weighted by Crippen LogP contribution is -2.25.